The van der Waals surface area contributed by atoms with Crippen LogP contribution in [0, 0.1) is 24.0 Å². The molecule has 0 aromatic heterocycles. The third kappa shape index (κ3) is 3.99. The summed E-state index contributed by atoms with van der Waals surface area (Å²) in [5.41, 5.74) is 0.995. The number of amides is 1. The number of carbonyl (C=O) groups excluding carboxylic acids is 1. The summed E-state index contributed by atoms with van der Waals surface area (Å²) in [6.07, 6.45) is -1.17. The maximum absolute atomic E-state index is 12.0. The normalized spacial score (nSPS) is 11.8. The van der Waals surface area contributed by atoms with Gasteiger partial charge in [-0.2, -0.15) is 0 Å². The number of rotatable bonds is 6. The summed E-state index contributed by atoms with van der Waals surface area (Å²) in [5.74, 6) is -1.79. The molecule has 1 unspecified atom stereocenters. The molecule has 0 heterocycles. The minimum absolute atomic E-state index is 0.132. The first-order valence-electron chi connectivity index (χ1n) is 6.07. The summed E-state index contributed by atoms with van der Waals surface area (Å²) in [4.78, 5) is 33.1. The highest BCUT2D eigenvalue weighted by Gasteiger charge is 2.21. The number of nitrogens with zero attached hydrogens (tertiary/aromatic N) is 1. The van der Waals surface area contributed by atoms with Gasteiger partial charge in [0.1, 0.15) is 0 Å². The molecule has 2 N–H and O–H groups in total. The number of aliphatic carboxylic acids is 1. The Morgan fingerprint density at radius 1 is 1.38 bits per heavy atom. The summed E-state index contributed by atoms with van der Waals surface area (Å²) in [5, 5.41) is 22.1. The van der Waals surface area contributed by atoms with Gasteiger partial charge in [-0.25, -0.2) is 4.79 Å². The summed E-state index contributed by atoms with van der Waals surface area (Å²) in [7, 11) is 1.22. The van der Waals surface area contributed by atoms with Gasteiger partial charge in [-0.3, -0.25) is 14.9 Å². The molecule has 0 aliphatic rings. The van der Waals surface area contributed by atoms with Crippen molar-refractivity contribution in [3.8, 4) is 0 Å². The van der Waals surface area contributed by atoms with Gasteiger partial charge in [-0.15, -0.1) is 0 Å². The average Bonchev–Trinajstić information content (AvgIpc) is 2.38. The average molecular weight is 296 g/mol. The Kier molecular flexibility index (Phi) is 5.37. The third-order valence-corrected chi connectivity index (χ3v) is 2.99. The lowest BCUT2D eigenvalue weighted by molar-refractivity contribution is -0.385. The van der Waals surface area contributed by atoms with Crippen molar-refractivity contribution in [3.05, 3.63) is 38.9 Å². The zero-order valence-corrected chi connectivity index (χ0v) is 11.9. The largest absolute Gasteiger partial charge is 0.479 e. The van der Waals surface area contributed by atoms with Crippen molar-refractivity contribution >= 4 is 17.6 Å². The highest BCUT2D eigenvalue weighted by Crippen LogP contribution is 2.22. The van der Waals surface area contributed by atoms with Crippen LogP contribution in [0.3, 0.4) is 0 Å². The number of nitro benzene ring substituents is 1. The molecule has 1 atom stereocenters. The molecule has 0 saturated carbocycles. The molecule has 1 aromatic carbocycles. The van der Waals surface area contributed by atoms with Crippen molar-refractivity contribution in [2.24, 2.45) is 0 Å². The molecule has 0 fully saturated rings. The van der Waals surface area contributed by atoms with Crippen LogP contribution in [-0.4, -0.2) is 41.7 Å². The van der Waals surface area contributed by atoms with Crippen LogP contribution < -0.4 is 5.32 Å². The molecule has 114 valence electrons. The Labute approximate surface area is 120 Å². The smallest absolute Gasteiger partial charge is 0.334 e. The van der Waals surface area contributed by atoms with Gasteiger partial charge in [0.25, 0.3) is 11.6 Å². The topological polar surface area (TPSA) is 119 Å². The molecule has 1 aromatic rings. The van der Waals surface area contributed by atoms with Crippen LogP contribution in [0.1, 0.15) is 21.5 Å². The molecule has 0 aliphatic carbocycles. The van der Waals surface area contributed by atoms with Gasteiger partial charge < -0.3 is 15.2 Å². The number of carboxylic acids is 1. The molecule has 1 rings (SSSR count). The molecule has 1 amide bonds. The quantitative estimate of drug-likeness (QED) is 0.598. The lowest BCUT2D eigenvalue weighted by atomic mass is 10.0. The number of methoxy groups -OCH3 is 1. The van der Waals surface area contributed by atoms with Gasteiger partial charge >= 0.3 is 5.97 Å². The predicted molar refractivity (Wildman–Crippen MR) is 73.3 cm³/mol. The molecule has 0 bridgehead atoms. The first kappa shape index (κ1) is 16.6. The van der Waals surface area contributed by atoms with Crippen molar-refractivity contribution in [2.75, 3.05) is 13.7 Å². The molecular formula is C13H16N2O6. The number of carbonyl (C=O) groups is 2. The fourth-order valence-corrected chi connectivity index (χ4v) is 1.83. The first-order valence-corrected chi connectivity index (χ1v) is 6.07. The Bertz CT molecular complexity index is 584. The fourth-order valence-electron chi connectivity index (χ4n) is 1.83. The van der Waals surface area contributed by atoms with E-state index in [2.05, 4.69) is 10.1 Å². The highest BCUT2D eigenvalue weighted by atomic mass is 16.6. The number of ether oxygens (including phenoxy) is 1. The van der Waals surface area contributed by atoms with Crippen molar-refractivity contribution in [3.63, 3.8) is 0 Å². The summed E-state index contributed by atoms with van der Waals surface area (Å²) < 4.78 is 4.69. The Morgan fingerprint density at radius 2 is 2.00 bits per heavy atom. The zero-order valence-electron chi connectivity index (χ0n) is 11.9. The van der Waals surface area contributed by atoms with E-state index in [4.69, 9.17) is 5.11 Å². The lowest BCUT2D eigenvalue weighted by Gasteiger charge is -2.13. The summed E-state index contributed by atoms with van der Waals surface area (Å²) in [6, 6.07) is 2.72. The maximum atomic E-state index is 12.0. The van der Waals surface area contributed by atoms with Gasteiger partial charge in [0, 0.05) is 24.3 Å². The van der Waals surface area contributed by atoms with Crippen molar-refractivity contribution in [2.45, 2.75) is 20.0 Å². The maximum Gasteiger partial charge on any atom is 0.334 e. The Hall–Kier alpha value is -2.48. The molecular weight excluding hydrogens is 280 g/mol. The summed E-state index contributed by atoms with van der Waals surface area (Å²) in [6.45, 7) is 3.00. The van der Waals surface area contributed by atoms with Gasteiger partial charge in [0.2, 0.25) is 0 Å². The number of aryl methyl sites for hydroxylation is 2. The number of hydrogen-bond acceptors (Lipinski definition) is 5. The van der Waals surface area contributed by atoms with E-state index in [1.54, 1.807) is 13.8 Å². The molecule has 0 saturated heterocycles. The van der Waals surface area contributed by atoms with Crippen LogP contribution in [0.4, 0.5) is 5.69 Å². The van der Waals surface area contributed by atoms with E-state index in [0.29, 0.717) is 11.1 Å². The zero-order chi connectivity index (χ0) is 16.2. The van der Waals surface area contributed by atoms with E-state index < -0.39 is 22.9 Å². The van der Waals surface area contributed by atoms with Crippen molar-refractivity contribution in [1.82, 2.24) is 5.32 Å². The van der Waals surface area contributed by atoms with Crippen LogP contribution >= 0.6 is 0 Å². The SMILES string of the molecule is COC(CNC(=O)c1cc([N+](=O)[O-])c(C)cc1C)C(=O)O. The Balaban J connectivity index is 2.95. The molecule has 8 heteroatoms. The van der Waals surface area contributed by atoms with E-state index in [1.165, 1.54) is 19.2 Å². The van der Waals surface area contributed by atoms with Crippen LogP contribution in [0.15, 0.2) is 12.1 Å². The van der Waals surface area contributed by atoms with Gasteiger partial charge in [0.15, 0.2) is 6.10 Å². The number of benzene rings is 1. The second-order valence-electron chi connectivity index (χ2n) is 4.48. The number of nitrogens with one attached hydrogen (secondary N) is 1. The monoisotopic (exact) mass is 296 g/mol. The number of carboxylic acid groups (broad SMARTS) is 1. The molecule has 0 aliphatic heterocycles. The van der Waals surface area contributed by atoms with Crippen LogP contribution in [0.25, 0.3) is 0 Å². The van der Waals surface area contributed by atoms with Crippen LogP contribution in [0.5, 0.6) is 0 Å². The van der Waals surface area contributed by atoms with Gasteiger partial charge in [-0.05, 0) is 25.5 Å². The molecule has 0 radical (unpaired) electrons. The molecule has 21 heavy (non-hydrogen) atoms. The van der Waals surface area contributed by atoms with Crippen molar-refractivity contribution in [1.29, 1.82) is 0 Å². The van der Waals surface area contributed by atoms with E-state index in [-0.39, 0.29) is 17.8 Å². The first-order chi connectivity index (χ1) is 9.77. The Morgan fingerprint density at radius 3 is 2.48 bits per heavy atom. The number of nitro groups is 1. The van der Waals surface area contributed by atoms with Gasteiger partial charge in [0.05, 0.1) is 11.5 Å². The van der Waals surface area contributed by atoms with Crippen LogP contribution in [0.2, 0.25) is 0 Å². The molecule has 8 nitrogen and oxygen atoms in total. The highest BCUT2D eigenvalue weighted by molar-refractivity contribution is 5.96. The van der Waals surface area contributed by atoms with Crippen molar-refractivity contribution < 1.29 is 24.4 Å². The lowest BCUT2D eigenvalue weighted by Crippen LogP contribution is -2.38. The standard InChI is InChI=1S/C13H16N2O6/c1-7-4-8(2)10(15(19)20)5-9(7)12(16)14-6-11(21-3)13(17)18/h4-5,11H,6H2,1-3H3,(H,14,16)(H,17,18). The fraction of sp³-hybridized carbons (Fsp3) is 0.385. The number of hydrogen-bond donors (Lipinski definition) is 2. The molecule has 0 spiro atoms. The minimum atomic E-state index is -1.20. The third-order valence-electron chi connectivity index (χ3n) is 2.99. The van der Waals surface area contributed by atoms with Gasteiger partial charge in [-0.1, -0.05) is 0 Å². The van der Waals surface area contributed by atoms with Crippen LogP contribution in [-0.2, 0) is 9.53 Å². The minimum Gasteiger partial charge on any atom is -0.479 e. The summed E-state index contributed by atoms with van der Waals surface area (Å²) >= 11 is 0. The van der Waals surface area contributed by atoms with E-state index in [9.17, 15) is 19.7 Å². The van der Waals surface area contributed by atoms with E-state index >= 15 is 0 Å². The predicted octanol–water partition coefficient (Wildman–Crippen LogP) is 1.04. The second-order valence-corrected chi connectivity index (χ2v) is 4.48. The van der Waals surface area contributed by atoms with E-state index in [1.807, 2.05) is 0 Å². The van der Waals surface area contributed by atoms with E-state index in [0.717, 1.165) is 0 Å². The second kappa shape index (κ2) is 6.80.